The van der Waals surface area contributed by atoms with Crippen LogP contribution in [0.25, 0.3) is 0 Å². The fourth-order valence-electron chi connectivity index (χ4n) is 2.74. The van der Waals surface area contributed by atoms with E-state index in [0.717, 1.165) is 16.8 Å². The van der Waals surface area contributed by atoms with Gasteiger partial charge >= 0.3 is 0 Å². The minimum atomic E-state index is -0.306. The highest BCUT2D eigenvalue weighted by atomic mass is 16.2. The summed E-state index contributed by atoms with van der Waals surface area (Å²) in [7, 11) is 0. The summed E-state index contributed by atoms with van der Waals surface area (Å²) in [4.78, 5) is 32.9. The summed E-state index contributed by atoms with van der Waals surface area (Å²) in [6, 6.07) is 14.6. The summed E-state index contributed by atoms with van der Waals surface area (Å²) in [6.07, 6.45) is 0. The number of hydrogen-bond donors (Lipinski definition) is 2. The van der Waals surface area contributed by atoms with E-state index in [2.05, 4.69) is 20.6 Å². The highest BCUT2D eigenvalue weighted by Gasteiger charge is 2.13. The second-order valence-corrected chi connectivity index (χ2v) is 6.75. The zero-order valence-corrected chi connectivity index (χ0v) is 16.3. The maximum absolute atomic E-state index is 12.7. The van der Waals surface area contributed by atoms with Gasteiger partial charge in [0.05, 0.1) is 0 Å². The highest BCUT2D eigenvalue weighted by molar-refractivity contribution is 6.03. The molecule has 0 aliphatic heterocycles. The molecule has 2 N–H and O–H groups in total. The molecule has 0 bridgehead atoms. The van der Waals surface area contributed by atoms with Crippen molar-refractivity contribution in [1.29, 1.82) is 0 Å². The average Bonchev–Trinajstić information content (AvgIpc) is 2.64. The number of aryl methyl sites for hydroxylation is 3. The van der Waals surface area contributed by atoms with Crippen LogP contribution in [-0.4, -0.2) is 21.7 Å². The van der Waals surface area contributed by atoms with Crippen molar-refractivity contribution in [1.82, 2.24) is 9.97 Å². The Morgan fingerprint density at radius 3 is 2.46 bits per heavy atom. The van der Waals surface area contributed by atoms with Gasteiger partial charge in [-0.3, -0.25) is 9.59 Å². The van der Waals surface area contributed by atoms with Gasteiger partial charge in [0.15, 0.2) is 5.78 Å². The molecule has 0 aliphatic rings. The Morgan fingerprint density at radius 2 is 1.71 bits per heavy atom. The average molecular weight is 374 g/mol. The number of carbonyl (C=O) groups excluding carboxylic acids is 2. The molecule has 1 heterocycles. The molecule has 0 atom stereocenters. The van der Waals surface area contributed by atoms with Gasteiger partial charge in [-0.05, 0) is 63.1 Å². The van der Waals surface area contributed by atoms with Crippen molar-refractivity contribution in [2.24, 2.45) is 0 Å². The van der Waals surface area contributed by atoms with E-state index >= 15 is 0 Å². The smallest absolute Gasteiger partial charge is 0.274 e. The Bertz CT molecular complexity index is 1060. The fourth-order valence-corrected chi connectivity index (χ4v) is 2.74. The van der Waals surface area contributed by atoms with Crippen molar-refractivity contribution in [2.75, 3.05) is 10.6 Å². The SMILES string of the molecule is CC(=O)c1cccc(Nc2nc(C)cc(C(=O)Nc3cc(C)ccc3C)n2)c1. The first kappa shape index (κ1) is 19.2. The predicted molar refractivity (Wildman–Crippen MR) is 110 cm³/mol. The summed E-state index contributed by atoms with van der Waals surface area (Å²) < 4.78 is 0. The van der Waals surface area contributed by atoms with Crippen LogP contribution in [0.3, 0.4) is 0 Å². The summed E-state index contributed by atoms with van der Waals surface area (Å²) in [5.74, 6) is -0.0334. The Kier molecular flexibility index (Phi) is 5.49. The van der Waals surface area contributed by atoms with Gasteiger partial charge in [0.2, 0.25) is 5.95 Å². The molecular weight excluding hydrogens is 352 g/mol. The third-order valence-corrected chi connectivity index (χ3v) is 4.25. The van der Waals surface area contributed by atoms with Crippen molar-refractivity contribution in [2.45, 2.75) is 27.7 Å². The summed E-state index contributed by atoms with van der Waals surface area (Å²) >= 11 is 0. The fraction of sp³-hybridized carbons (Fsp3) is 0.182. The number of benzene rings is 2. The third-order valence-electron chi connectivity index (χ3n) is 4.25. The Labute approximate surface area is 164 Å². The van der Waals surface area contributed by atoms with Crippen LogP contribution in [-0.2, 0) is 0 Å². The number of nitrogens with zero attached hydrogens (tertiary/aromatic N) is 2. The Morgan fingerprint density at radius 1 is 0.929 bits per heavy atom. The number of hydrogen-bond acceptors (Lipinski definition) is 5. The van der Waals surface area contributed by atoms with Crippen molar-refractivity contribution >= 4 is 29.0 Å². The second kappa shape index (κ2) is 8.00. The van der Waals surface area contributed by atoms with Gasteiger partial charge in [0.1, 0.15) is 5.69 Å². The number of carbonyl (C=O) groups is 2. The maximum Gasteiger partial charge on any atom is 0.274 e. The Balaban J connectivity index is 1.85. The third kappa shape index (κ3) is 4.59. The van der Waals surface area contributed by atoms with E-state index in [9.17, 15) is 9.59 Å². The molecule has 142 valence electrons. The lowest BCUT2D eigenvalue weighted by atomic mass is 10.1. The van der Waals surface area contributed by atoms with Crippen LogP contribution >= 0.6 is 0 Å². The molecule has 0 saturated carbocycles. The molecule has 0 unspecified atom stereocenters. The van der Waals surface area contributed by atoms with E-state index in [4.69, 9.17) is 0 Å². The molecule has 6 nitrogen and oxygen atoms in total. The first-order valence-electron chi connectivity index (χ1n) is 8.94. The molecule has 0 aliphatic carbocycles. The molecule has 28 heavy (non-hydrogen) atoms. The molecule has 1 amide bonds. The Hall–Kier alpha value is -3.54. The van der Waals surface area contributed by atoms with Crippen LogP contribution in [0.4, 0.5) is 17.3 Å². The van der Waals surface area contributed by atoms with Gasteiger partial charge in [0.25, 0.3) is 5.91 Å². The number of aromatic nitrogens is 2. The van der Waals surface area contributed by atoms with Gasteiger partial charge in [0, 0.05) is 22.6 Å². The lowest BCUT2D eigenvalue weighted by molar-refractivity contribution is 0.101. The van der Waals surface area contributed by atoms with E-state index in [0.29, 0.717) is 22.9 Å². The standard InChI is InChI=1S/C22H22N4O2/c1-13-8-9-14(2)19(10-13)25-21(28)20-11-15(3)23-22(26-20)24-18-7-5-6-17(12-18)16(4)27/h5-12H,1-4H3,(H,25,28)(H,23,24,26). The number of amides is 1. The van der Waals surface area contributed by atoms with Crippen molar-refractivity contribution in [3.8, 4) is 0 Å². The minimum Gasteiger partial charge on any atom is -0.324 e. The minimum absolute atomic E-state index is 0.0256. The molecule has 0 saturated heterocycles. The normalized spacial score (nSPS) is 10.4. The topological polar surface area (TPSA) is 84.0 Å². The van der Waals surface area contributed by atoms with E-state index in [1.165, 1.54) is 6.92 Å². The monoisotopic (exact) mass is 374 g/mol. The first-order chi connectivity index (χ1) is 13.3. The molecular formula is C22H22N4O2. The summed E-state index contributed by atoms with van der Waals surface area (Å²) in [6.45, 7) is 7.22. The van der Waals surface area contributed by atoms with Crippen LogP contribution in [0.5, 0.6) is 0 Å². The van der Waals surface area contributed by atoms with Crippen LogP contribution in [0.1, 0.15) is 44.6 Å². The first-order valence-corrected chi connectivity index (χ1v) is 8.94. The maximum atomic E-state index is 12.7. The van der Waals surface area contributed by atoms with Crippen molar-refractivity contribution < 1.29 is 9.59 Å². The number of ketones is 1. The highest BCUT2D eigenvalue weighted by Crippen LogP contribution is 2.19. The molecule has 0 fully saturated rings. The zero-order chi connectivity index (χ0) is 20.3. The van der Waals surface area contributed by atoms with Gasteiger partial charge in [-0.1, -0.05) is 24.3 Å². The summed E-state index contributed by atoms with van der Waals surface area (Å²) in [5.41, 5.74) is 4.98. The molecule has 3 aromatic rings. The number of Topliss-reactive ketones (excluding diaryl/α,β-unsaturated/α-hetero) is 1. The number of rotatable bonds is 5. The van der Waals surface area contributed by atoms with Gasteiger partial charge < -0.3 is 10.6 Å². The predicted octanol–water partition coefficient (Wildman–Crippen LogP) is 4.60. The largest absolute Gasteiger partial charge is 0.324 e. The molecule has 2 aromatic carbocycles. The lowest BCUT2D eigenvalue weighted by Crippen LogP contribution is -2.16. The van der Waals surface area contributed by atoms with Crippen LogP contribution in [0.15, 0.2) is 48.5 Å². The lowest BCUT2D eigenvalue weighted by Gasteiger charge is -2.11. The van der Waals surface area contributed by atoms with E-state index in [-0.39, 0.29) is 17.4 Å². The quantitative estimate of drug-likeness (QED) is 0.638. The van der Waals surface area contributed by atoms with Gasteiger partial charge in [-0.25, -0.2) is 9.97 Å². The van der Waals surface area contributed by atoms with E-state index in [1.54, 1.807) is 31.2 Å². The molecule has 6 heteroatoms. The van der Waals surface area contributed by atoms with Crippen LogP contribution in [0, 0.1) is 20.8 Å². The van der Waals surface area contributed by atoms with Crippen LogP contribution < -0.4 is 10.6 Å². The molecule has 1 aromatic heterocycles. The van der Waals surface area contributed by atoms with Gasteiger partial charge in [-0.15, -0.1) is 0 Å². The van der Waals surface area contributed by atoms with Gasteiger partial charge in [-0.2, -0.15) is 0 Å². The van der Waals surface area contributed by atoms with E-state index < -0.39 is 0 Å². The number of anilines is 3. The van der Waals surface area contributed by atoms with E-state index in [1.807, 2.05) is 38.1 Å². The van der Waals surface area contributed by atoms with Crippen LogP contribution in [0.2, 0.25) is 0 Å². The molecule has 0 spiro atoms. The molecule has 3 rings (SSSR count). The van der Waals surface area contributed by atoms with Crippen molar-refractivity contribution in [3.05, 3.63) is 76.6 Å². The van der Waals surface area contributed by atoms with Crippen molar-refractivity contribution in [3.63, 3.8) is 0 Å². The number of nitrogens with one attached hydrogen (secondary N) is 2. The second-order valence-electron chi connectivity index (χ2n) is 6.75. The summed E-state index contributed by atoms with van der Waals surface area (Å²) in [5, 5.41) is 5.97. The molecule has 0 radical (unpaired) electrons. The zero-order valence-electron chi connectivity index (χ0n) is 16.3.